The monoisotopic (exact) mass is 256 g/mol. The fraction of sp³-hybridized carbons (Fsp3) is 0. The molecule has 1 aromatic carbocycles. The summed E-state index contributed by atoms with van der Waals surface area (Å²) < 4.78 is 18.8. The van der Waals surface area contributed by atoms with Crippen LogP contribution in [0.5, 0.6) is 0 Å². The Balaban J connectivity index is 2.07. The molecule has 0 unspecified atom stereocenters. The predicted octanol–water partition coefficient (Wildman–Crippen LogP) is 2.52. The van der Waals surface area contributed by atoms with Crippen molar-refractivity contribution < 1.29 is 8.91 Å². The minimum absolute atomic E-state index is 0.0578. The number of rotatable bonds is 2. The molecular weight excluding hydrogens is 247 g/mol. The predicted molar refractivity (Wildman–Crippen MR) is 67.3 cm³/mol. The van der Waals surface area contributed by atoms with Gasteiger partial charge in [-0.15, -0.1) is 0 Å². The first-order valence-electron chi connectivity index (χ1n) is 5.54. The lowest BCUT2D eigenvalue weighted by atomic mass is 10.1. The minimum atomic E-state index is -0.495. The van der Waals surface area contributed by atoms with Crippen LogP contribution in [0.15, 0.2) is 47.2 Å². The largest absolute Gasteiger partial charge is 0.398 e. The highest BCUT2D eigenvalue weighted by Crippen LogP contribution is 2.28. The van der Waals surface area contributed by atoms with Crippen LogP contribution in [-0.4, -0.2) is 15.1 Å². The van der Waals surface area contributed by atoms with Gasteiger partial charge in [0.05, 0.1) is 5.56 Å². The summed E-state index contributed by atoms with van der Waals surface area (Å²) in [6.45, 7) is 0. The molecule has 0 saturated heterocycles. The van der Waals surface area contributed by atoms with Gasteiger partial charge in [0.2, 0.25) is 5.82 Å². The van der Waals surface area contributed by atoms with Gasteiger partial charge in [0.15, 0.2) is 0 Å². The Bertz CT molecular complexity index is 691. The van der Waals surface area contributed by atoms with Gasteiger partial charge in [-0.2, -0.15) is 4.98 Å². The van der Waals surface area contributed by atoms with Gasteiger partial charge in [-0.05, 0) is 24.3 Å². The normalized spacial score (nSPS) is 10.6. The summed E-state index contributed by atoms with van der Waals surface area (Å²) in [6.07, 6.45) is 3.23. The summed E-state index contributed by atoms with van der Waals surface area (Å²) in [6, 6.07) is 7.86. The summed E-state index contributed by atoms with van der Waals surface area (Å²) in [5.74, 6) is -0.0765. The number of nitrogen functional groups attached to an aromatic ring is 1. The van der Waals surface area contributed by atoms with E-state index in [1.54, 1.807) is 30.6 Å². The van der Waals surface area contributed by atoms with Crippen molar-refractivity contribution in [3.8, 4) is 22.8 Å². The van der Waals surface area contributed by atoms with E-state index in [0.29, 0.717) is 5.82 Å². The molecule has 2 heterocycles. The van der Waals surface area contributed by atoms with E-state index in [1.165, 1.54) is 12.1 Å². The quantitative estimate of drug-likeness (QED) is 0.713. The van der Waals surface area contributed by atoms with E-state index in [9.17, 15) is 4.39 Å². The van der Waals surface area contributed by atoms with E-state index in [4.69, 9.17) is 10.3 Å². The first-order valence-corrected chi connectivity index (χ1v) is 5.54. The van der Waals surface area contributed by atoms with Crippen LogP contribution in [0.25, 0.3) is 22.8 Å². The van der Waals surface area contributed by atoms with Gasteiger partial charge in [0.25, 0.3) is 5.89 Å². The molecule has 19 heavy (non-hydrogen) atoms. The van der Waals surface area contributed by atoms with Crippen molar-refractivity contribution in [2.75, 3.05) is 5.73 Å². The number of anilines is 1. The standard InChI is InChI=1S/C13H9FN4O/c14-9-2-1-3-10(15)11(9)13-17-12(18-19-13)8-4-6-16-7-5-8/h1-7H,15H2. The van der Waals surface area contributed by atoms with Gasteiger partial charge in [-0.3, -0.25) is 4.98 Å². The fourth-order valence-corrected chi connectivity index (χ4v) is 1.71. The Hall–Kier alpha value is -2.76. The number of hydrogen-bond acceptors (Lipinski definition) is 5. The number of hydrogen-bond donors (Lipinski definition) is 1. The van der Waals surface area contributed by atoms with Gasteiger partial charge in [-0.25, -0.2) is 4.39 Å². The Morgan fingerprint density at radius 2 is 1.89 bits per heavy atom. The van der Waals surface area contributed by atoms with Crippen molar-refractivity contribution in [1.82, 2.24) is 15.1 Å². The molecule has 2 N–H and O–H groups in total. The highest BCUT2D eigenvalue weighted by molar-refractivity contribution is 5.71. The summed E-state index contributed by atoms with van der Waals surface area (Å²) in [5.41, 5.74) is 6.83. The molecule has 0 saturated carbocycles. The maximum absolute atomic E-state index is 13.7. The molecule has 2 aromatic heterocycles. The molecule has 0 amide bonds. The molecule has 0 atom stereocenters. The Kier molecular flexibility index (Phi) is 2.68. The van der Waals surface area contributed by atoms with Crippen LogP contribution < -0.4 is 5.73 Å². The van der Waals surface area contributed by atoms with Gasteiger partial charge in [0.1, 0.15) is 5.82 Å². The molecule has 0 fully saturated rings. The lowest BCUT2D eigenvalue weighted by Gasteiger charge is -2.00. The van der Waals surface area contributed by atoms with Crippen LogP contribution in [0.1, 0.15) is 0 Å². The average Bonchev–Trinajstić information content (AvgIpc) is 2.89. The second kappa shape index (κ2) is 4.49. The summed E-state index contributed by atoms with van der Waals surface area (Å²) in [4.78, 5) is 8.04. The van der Waals surface area contributed by atoms with Crippen LogP contribution in [0.2, 0.25) is 0 Å². The van der Waals surface area contributed by atoms with E-state index in [-0.39, 0.29) is 17.1 Å². The van der Waals surface area contributed by atoms with Crippen LogP contribution >= 0.6 is 0 Å². The zero-order valence-electron chi connectivity index (χ0n) is 9.75. The van der Waals surface area contributed by atoms with E-state index >= 15 is 0 Å². The number of halogens is 1. The Labute approximate surface area is 107 Å². The number of nitrogens with zero attached hydrogens (tertiary/aromatic N) is 3. The molecule has 6 heteroatoms. The van der Waals surface area contributed by atoms with E-state index in [0.717, 1.165) is 5.56 Å². The molecule has 0 aliphatic carbocycles. The fourth-order valence-electron chi connectivity index (χ4n) is 1.71. The molecular formula is C13H9FN4O. The lowest BCUT2D eigenvalue weighted by Crippen LogP contribution is -1.93. The average molecular weight is 256 g/mol. The third-order valence-electron chi connectivity index (χ3n) is 2.62. The maximum Gasteiger partial charge on any atom is 0.263 e. The smallest absolute Gasteiger partial charge is 0.263 e. The van der Waals surface area contributed by atoms with Crippen molar-refractivity contribution in [1.29, 1.82) is 0 Å². The Morgan fingerprint density at radius 3 is 2.63 bits per heavy atom. The van der Waals surface area contributed by atoms with Crippen LogP contribution in [0.3, 0.4) is 0 Å². The minimum Gasteiger partial charge on any atom is -0.398 e. The maximum atomic E-state index is 13.7. The summed E-state index contributed by atoms with van der Waals surface area (Å²) >= 11 is 0. The topological polar surface area (TPSA) is 77.8 Å². The van der Waals surface area contributed by atoms with Crippen molar-refractivity contribution in [3.05, 3.63) is 48.5 Å². The third-order valence-corrected chi connectivity index (χ3v) is 2.62. The van der Waals surface area contributed by atoms with Crippen molar-refractivity contribution in [2.24, 2.45) is 0 Å². The number of aromatic nitrogens is 3. The second-order valence-electron chi connectivity index (χ2n) is 3.86. The molecule has 3 aromatic rings. The van der Waals surface area contributed by atoms with Crippen LogP contribution in [0, 0.1) is 5.82 Å². The zero-order valence-corrected chi connectivity index (χ0v) is 9.75. The highest BCUT2D eigenvalue weighted by atomic mass is 19.1. The van der Waals surface area contributed by atoms with Gasteiger partial charge in [-0.1, -0.05) is 11.2 Å². The molecule has 5 nitrogen and oxygen atoms in total. The lowest BCUT2D eigenvalue weighted by molar-refractivity contribution is 0.430. The van der Waals surface area contributed by atoms with Gasteiger partial charge < -0.3 is 10.3 Å². The molecule has 0 aliphatic rings. The molecule has 94 valence electrons. The van der Waals surface area contributed by atoms with Gasteiger partial charge >= 0.3 is 0 Å². The number of nitrogens with two attached hydrogens (primary N) is 1. The molecule has 0 spiro atoms. The molecule has 0 bridgehead atoms. The van der Waals surface area contributed by atoms with Crippen molar-refractivity contribution in [2.45, 2.75) is 0 Å². The van der Waals surface area contributed by atoms with Crippen LogP contribution in [-0.2, 0) is 0 Å². The Morgan fingerprint density at radius 1 is 1.11 bits per heavy atom. The van der Waals surface area contributed by atoms with E-state index in [1.807, 2.05) is 0 Å². The highest BCUT2D eigenvalue weighted by Gasteiger charge is 2.16. The summed E-state index contributed by atoms with van der Waals surface area (Å²) in [7, 11) is 0. The molecule has 3 rings (SSSR count). The van der Waals surface area contributed by atoms with Crippen LogP contribution in [0.4, 0.5) is 10.1 Å². The first kappa shape index (κ1) is 11.3. The molecule has 0 radical (unpaired) electrons. The second-order valence-corrected chi connectivity index (χ2v) is 3.86. The van der Waals surface area contributed by atoms with Crippen molar-refractivity contribution >= 4 is 5.69 Å². The van der Waals surface area contributed by atoms with E-state index in [2.05, 4.69) is 15.1 Å². The SMILES string of the molecule is Nc1cccc(F)c1-c1nc(-c2ccncc2)no1. The number of pyridine rings is 1. The number of benzene rings is 1. The molecule has 0 aliphatic heterocycles. The first-order chi connectivity index (χ1) is 9.25. The third kappa shape index (κ3) is 2.03. The van der Waals surface area contributed by atoms with Crippen molar-refractivity contribution in [3.63, 3.8) is 0 Å². The zero-order chi connectivity index (χ0) is 13.2. The van der Waals surface area contributed by atoms with E-state index < -0.39 is 5.82 Å². The van der Waals surface area contributed by atoms with Gasteiger partial charge in [0, 0.05) is 23.6 Å². The summed E-state index contributed by atoms with van der Waals surface area (Å²) in [5, 5.41) is 3.81.